The van der Waals surface area contributed by atoms with E-state index in [9.17, 15) is 13.2 Å². The van der Waals surface area contributed by atoms with Gasteiger partial charge in [0, 0.05) is 22.2 Å². The summed E-state index contributed by atoms with van der Waals surface area (Å²) in [5.74, 6) is 0.292. The number of halogens is 1. The largest absolute Gasteiger partial charge is 0.484 e. The minimum Gasteiger partial charge on any atom is -0.484 e. The number of anilines is 1. The van der Waals surface area contributed by atoms with Gasteiger partial charge < -0.3 is 9.64 Å². The molecule has 3 aromatic carbocycles. The molecule has 0 fully saturated rings. The number of carbonyl (C=O) groups is 1. The van der Waals surface area contributed by atoms with Gasteiger partial charge in [0.15, 0.2) is 6.61 Å². The molecular weight excluding hydrogens is 504 g/mol. The van der Waals surface area contributed by atoms with E-state index in [1.54, 1.807) is 24.0 Å². The molecule has 1 N–H and O–H groups in total. The van der Waals surface area contributed by atoms with E-state index >= 15 is 0 Å². The highest BCUT2D eigenvalue weighted by atomic mass is 79.9. The van der Waals surface area contributed by atoms with E-state index in [1.807, 2.05) is 55.5 Å². The summed E-state index contributed by atoms with van der Waals surface area (Å²) in [7, 11) is -3.70. The Morgan fingerprint density at radius 3 is 2.52 bits per heavy atom. The molecule has 0 saturated heterocycles. The molecule has 0 radical (unpaired) electrons. The third-order valence-electron chi connectivity index (χ3n) is 5.65. The number of rotatable bonds is 7. The molecule has 4 rings (SSSR count). The van der Waals surface area contributed by atoms with Gasteiger partial charge in [-0.25, -0.2) is 13.1 Å². The summed E-state index contributed by atoms with van der Waals surface area (Å²) in [5.41, 5.74) is 2.90. The van der Waals surface area contributed by atoms with Crippen LogP contribution in [0.2, 0.25) is 0 Å². The van der Waals surface area contributed by atoms with Gasteiger partial charge in [0.25, 0.3) is 5.91 Å². The molecule has 1 amide bonds. The van der Waals surface area contributed by atoms with Crippen molar-refractivity contribution in [2.45, 2.75) is 37.2 Å². The Balaban J connectivity index is 1.38. The molecule has 172 valence electrons. The van der Waals surface area contributed by atoms with Crippen molar-refractivity contribution >= 4 is 37.5 Å². The summed E-state index contributed by atoms with van der Waals surface area (Å²) in [5, 5.41) is 0. The highest BCUT2D eigenvalue weighted by molar-refractivity contribution is 9.10. The second-order valence-electron chi connectivity index (χ2n) is 8.10. The third-order valence-corrected chi connectivity index (χ3v) is 7.70. The van der Waals surface area contributed by atoms with Gasteiger partial charge in [-0.1, -0.05) is 46.3 Å². The van der Waals surface area contributed by atoms with E-state index in [2.05, 4.69) is 20.7 Å². The molecular formula is C25H25BrN2O4S. The van der Waals surface area contributed by atoms with E-state index in [0.717, 1.165) is 27.7 Å². The van der Waals surface area contributed by atoms with E-state index < -0.39 is 10.0 Å². The fraction of sp³-hybridized carbons (Fsp3) is 0.240. The SMILES string of the molecule is C[C@H](NS(=O)(=O)c1ccc(OCC(=O)N2c3ccc(Br)cc3C[C@@H]2C)cc1)c1ccccc1. The van der Waals surface area contributed by atoms with Gasteiger partial charge in [-0.05, 0) is 73.9 Å². The van der Waals surface area contributed by atoms with Crippen molar-refractivity contribution in [3.05, 3.63) is 88.4 Å². The number of nitrogens with zero attached hydrogens (tertiary/aromatic N) is 1. The van der Waals surface area contributed by atoms with Crippen molar-refractivity contribution in [1.82, 2.24) is 4.72 Å². The van der Waals surface area contributed by atoms with Crippen LogP contribution in [0.1, 0.15) is 31.0 Å². The van der Waals surface area contributed by atoms with Crippen LogP contribution < -0.4 is 14.4 Å². The lowest BCUT2D eigenvalue weighted by Gasteiger charge is -2.22. The number of amides is 1. The summed E-state index contributed by atoms with van der Waals surface area (Å²) in [4.78, 5) is 14.7. The third kappa shape index (κ3) is 5.29. The maximum atomic E-state index is 12.8. The van der Waals surface area contributed by atoms with Crippen LogP contribution >= 0.6 is 15.9 Å². The van der Waals surface area contributed by atoms with E-state index in [0.29, 0.717) is 5.75 Å². The van der Waals surface area contributed by atoms with E-state index in [-0.39, 0.29) is 29.5 Å². The monoisotopic (exact) mass is 528 g/mol. The predicted molar refractivity (Wildman–Crippen MR) is 132 cm³/mol. The van der Waals surface area contributed by atoms with Crippen LogP contribution in [0.15, 0.2) is 82.2 Å². The van der Waals surface area contributed by atoms with Crippen molar-refractivity contribution < 1.29 is 17.9 Å². The molecule has 2 atom stereocenters. The molecule has 1 heterocycles. The quantitative estimate of drug-likeness (QED) is 0.475. The zero-order chi connectivity index (χ0) is 23.6. The Hall–Kier alpha value is -2.68. The molecule has 0 saturated carbocycles. The Morgan fingerprint density at radius 2 is 1.82 bits per heavy atom. The number of fused-ring (bicyclic) bond motifs is 1. The molecule has 0 aromatic heterocycles. The lowest BCUT2D eigenvalue weighted by Crippen LogP contribution is -2.39. The van der Waals surface area contributed by atoms with Crippen LogP contribution in [0.3, 0.4) is 0 Å². The average molecular weight is 529 g/mol. The fourth-order valence-corrected chi connectivity index (χ4v) is 5.66. The molecule has 1 aliphatic heterocycles. The zero-order valence-electron chi connectivity index (χ0n) is 18.4. The van der Waals surface area contributed by atoms with Gasteiger partial charge in [-0.2, -0.15) is 0 Å². The molecule has 33 heavy (non-hydrogen) atoms. The lowest BCUT2D eigenvalue weighted by atomic mass is 10.1. The Labute approximate surface area is 202 Å². The van der Waals surface area contributed by atoms with E-state index in [1.165, 1.54) is 12.1 Å². The second-order valence-corrected chi connectivity index (χ2v) is 10.7. The molecule has 3 aromatic rings. The van der Waals surface area contributed by atoms with Crippen molar-refractivity contribution in [2.75, 3.05) is 11.5 Å². The molecule has 0 unspecified atom stereocenters. The molecule has 0 aliphatic carbocycles. The summed E-state index contributed by atoms with van der Waals surface area (Å²) < 4.78 is 34.8. The first-order chi connectivity index (χ1) is 15.7. The number of carbonyl (C=O) groups excluding carboxylic acids is 1. The first-order valence-electron chi connectivity index (χ1n) is 10.7. The number of sulfonamides is 1. The first kappa shape index (κ1) is 23.5. The highest BCUT2D eigenvalue weighted by Gasteiger charge is 2.31. The van der Waals surface area contributed by atoms with Crippen molar-refractivity contribution in [2.24, 2.45) is 0 Å². The minimum atomic E-state index is -3.70. The van der Waals surface area contributed by atoms with E-state index in [4.69, 9.17) is 4.74 Å². The minimum absolute atomic E-state index is 0.0515. The number of hydrogen-bond acceptors (Lipinski definition) is 4. The highest BCUT2D eigenvalue weighted by Crippen LogP contribution is 2.34. The molecule has 6 nitrogen and oxygen atoms in total. The number of ether oxygens (including phenoxy) is 1. The van der Waals surface area contributed by atoms with Gasteiger partial charge in [-0.15, -0.1) is 0 Å². The van der Waals surface area contributed by atoms with Gasteiger partial charge in [0.05, 0.1) is 4.90 Å². The van der Waals surface area contributed by atoms with Gasteiger partial charge in [-0.3, -0.25) is 4.79 Å². The number of hydrogen-bond donors (Lipinski definition) is 1. The van der Waals surface area contributed by atoms with Crippen molar-refractivity contribution in [1.29, 1.82) is 0 Å². The van der Waals surface area contributed by atoms with Gasteiger partial charge in [0.2, 0.25) is 10.0 Å². The Bertz CT molecular complexity index is 1250. The normalized spacial score (nSPS) is 16.3. The summed E-state index contributed by atoms with van der Waals surface area (Å²) in [6.07, 6.45) is 0.793. The average Bonchev–Trinajstić information content (AvgIpc) is 3.12. The van der Waals surface area contributed by atoms with Crippen LogP contribution in [-0.4, -0.2) is 27.0 Å². The zero-order valence-corrected chi connectivity index (χ0v) is 20.8. The predicted octanol–water partition coefficient (Wildman–Crippen LogP) is 4.85. The summed E-state index contributed by atoms with van der Waals surface area (Å²) in [6, 6.07) is 21.0. The molecule has 8 heteroatoms. The first-order valence-corrected chi connectivity index (χ1v) is 12.9. The lowest BCUT2D eigenvalue weighted by molar-refractivity contribution is -0.120. The van der Waals surface area contributed by atoms with Crippen LogP contribution in [0.5, 0.6) is 5.75 Å². The standard InChI is InChI=1S/C25H25BrN2O4S/c1-17-14-20-15-21(26)8-13-24(20)28(17)25(29)16-32-22-9-11-23(12-10-22)33(30,31)27-18(2)19-6-4-3-5-7-19/h3-13,15,17-18,27H,14,16H2,1-2H3/t17-,18-/m0/s1. The maximum absolute atomic E-state index is 12.8. The molecule has 1 aliphatic rings. The van der Waals surface area contributed by atoms with Crippen molar-refractivity contribution in [3.63, 3.8) is 0 Å². The summed E-state index contributed by atoms with van der Waals surface area (Å²) >= 11 is 3.47. The molecule has 0 spiro atoms. The Kier molecular flexibility index (Phi) is 6.88. The van der Waals surface area contributed by atoms with Gasteiger partial charge >= 0.3 is 0 Å². The Morgan fingerprint density at radius 1 is 1.12 bits per heavy atom. The van der Waals surface area contributed by atoms with Crippen LogP contribution in [-0.2, 0) is 21.2 Å². The van der Waals surface area contributed by atoms with Crippen LogP contribution in [0.25, 0.3) is 0 Å². The van der Waals surface area contributed by atoms with Crippen LogP contribution in [0, 0.1) is 0 Å². The number of benzene rings is 3. The molecule has 0 bridgehead atoms. The summed E-state index contributed by atoms with van der Waals surface area (Å²) in [6.45, 7) is 3.68. The maximum Gasteiger partial charge on any atom is 0.265 e. The fourth-order valence-electron chi connectivity index (χ4n) is 4.02. The second kappa shape index (κ2) is 9.67. The topological polar surface area (TPSA) is 75.7 Å². The van der Waals surface area contributed by atoms with Crippen molar-refractivity contribution in [3.8, 4) is 5.75 Å². The smallest absolute Gasteiger partial charge is 0.265 e. The number of nitrogens with one attached hydrogen (secondary N) is 1. The van der Waals surface area contributed by atoms with Gasteiger partial charge in [0.1, 0.15) is 5.75 Å². The van der Waals surface area contributed by atoms with Crippen LogP contribution in [0.4, 0.5) is 5.69 Å².